The van der Waals surface area contributed by atoms with E-state index >= 15 is 0 Å². The standard InChI is InChI=1S/C20H39N/c1-3-5-6-7-8-9-10-11-16-19(21-4-2)20-17-14-12-13-15-18(17)20/h17-21H,3-16H2,1-2H3. The molecule has 0 aromatic carbocycles. The largest absolute Gasteiger partial charge is 0.314 e. The molecule has 21 heavy (non-hydrogen) atoms. The third-order valence-corrected chi connectivity index (χ3v) is 6.02. The van der Waals surface area contributed by atoms with Gasteiger partial charge in [0, 0.05) is 6.04 Å². The highest BCUT2D eigenvalue weighted by atomic mass is 14.9. The van der Waals surface area contributed by atoms with E-state index in [-0.39, 0.29) is 0 Å². The zero-order valence-electron chi connectivity index (χ0n) is 14.7. The van der Waals surface area contributed by atoms with Gasteiger partial charge in [-0.25, -0.2) is 0 Å². The molecule has 0 aromatic rings. The summed E-state index contributed by atoms with van der Waals surface area (Å²) in [6, 6.07) is 0.850. The van der Waals surface area contributed by atoms with Crippen molar-refractivity contribution < 1.29 is 0 Å². The monoisotopic (exact) mass is 293 g/mol. The summed E-state index contributed by atoms with van der Waals surface area (Å²) < 4.78 is 0. The number of nitrogens with one attached hydrogen (secondary N) is 1. The fourth-order valence-corrected chi connectivity index (χ4v) is 4.84. The van der Waals surface area contributed by atoms with Crippen LogP contribution in [0.1, 0.15) is 97.3 Å². The Kier molecular flexibility index (Phi) is 8.14. The van der Waals surface area contributed by atoms with E-state index in [1.54, 1.807) is 0 Å². The summed E-state index contributed by atoms with van der Waals surface area (Å²) in [5, 5.41) is 3.82. The molecule has 124 valence electrons. The molecule has 0 saturated heterocycles. The summed E-state index contributed by atoms with van der Waals surface area (Å²) >= 11 is 0. The predicted octanol–water partition coefficient (Wildman–Crippen LogP) is 5.93. The summed E-state index contributed by atoms with van der Waals surface area (Å²) in [4.78, 5) is 0. The molecule has 0 amide bonds. The minimum atomic E-state index is 0.850. The highest BCUT2D eigenvalue weighted by Gasteiger charge is 2.53. The predicted molar refractivity (Wildman–Crippen MR) is 93.6 cm³/mol. The summed E-state index contributed by atoms with van der Waals surface area (Å²) in [6.07, 6.45) is 19.1. The zero-order valence-corrected chi connectivity index (χ0v) is 14.7. The number of hydrogen-bond acceptors (Lipinski definition) is 1. The van der Waals surface area contributed by atoms with Gasteiger partial charge in [-0.2, -0.15) is 0 Å². The Bertz CT molecular complexity index is 251. The first-order valence-electron chi connectivity index (χ1n) is 10.1. The van der Waals surface area contributed by atoms with E-state index in [1.165, 1.54) is 83.5 Å². The molecule has 2 aliphatic carbocycles. The Labute approximate surface area is 133 Å². The normalized spacial score (nSPS) is 29.1. The van der Waals surface area contributed by atoms with Gasteiger partial charge in [-0.05, 0) is 43.6 Å². The van der Waals surface area contributed by atoms with Crippen molar-refractivity contribution in [3.8, 4) is 0 Å². The smallest absolute Gasteiger partial charge is 0.0101 e. The molecule has 2 aliphatic rings. The van der Waals surface area contributed by atoms with Gasteiger partial charge in [-0.1, -0.05) is 78.1 Å². The van der Waals surface area contributed by atoms with Gasteiger partial charge in [0.05, 0.1) is 0 Å². The molecular weight excluding hydrogens is 254 g/mol. The lowest BCUT2D eigenvalue weighted by Crippen LogP contribution is -2.32. The summed E-state index contributed by atoms with van der Waals surface area (Å²) in [7, 11) is 0. The second kappa shape index (κ2) is 9.87. The fraction of sp³-hybridized carbons (Fsp3) is 1.00. The van der Waals surface area contributed by atoms with Crippen LogP contribution in [0.25, 0.3) is 0 Å². The van der Waals surface area contributed by atoms with Crippen LogP contribution in [0.3, 0.4) is 0 Å². The number of fused-ring (bicyclic) bond motifs is 1. The quantitative estimate of drug-likeness (QED) is 0.440. The maximum absolute atomic E-state index is 3.82. The summed E-state index contributed by atoms with van der Waals surface area (Å²) in [5.74, 6) is 3.27. The van der Waals surface area contributed by atoms with Crippen LogP contribution in [0.15, 0.2) is 0 Å². The minimum Gasteiger partial charge on any atom is -0.314 e. The number of rotatable bonds is 12. The Morgan fingerprint density at radius 1 is 0.810 bits per heavy atom. The molecule has 0 heterocycles. The van der Waals surface area contributed by atoms with Gasteiger partial charge < -0.3 is 5.32 Å². The lowest BCUT2D eigenvalue weighted by molar-refractivity contribution is 0.396. The Morgan fingerprint density at radius 3 is 1.95 bits per heavy atom. The van der Waals surface area contributed by atoms with E-state index in [2.05, 4.69) is 19.2 Å². The molecule has 0 aliphatic heterocycles. The van der Waals surface area contributed by atoms with Crippen molar-refractivity contribution in [1.82, 2.24) is 5.32 Å². The van der Waals surface area contributed by atoms with Gasteiger partial charge in [-0.3, -0.25) is 0 Å². The molecule has 0 spiro atoms. The zero-order chi connectivity index (χ0) is 14.9. The van der Waals surface area contributed by atoms with Gasteiger partial charge in [0.2, 0.25) is 0 Å². The van der Waals surface area contributed by atoms with Crippen LogP contribution < -0.4 is 5.32 Å². The molecule has 2 fully saturated rings. The Morgan fingerprint density at radius 2 is 1.38 bits per heavy atom. The first-order valence-corrected chi connectivity index (χ1v) is 10.1. The third kappa shape index (κ3) is 5.58. The molecule has 3 unspecified atom stereocenters. The van der Waals surface area contributed by atoms with E-state index in [0.29, 0.717) is 0 Å². The molecule has 0 bridgehead atoms. The van der Waals surface area contributed by atoms with Crippen LogP contribution in [-0.4, -0.2) is 12.6 Å². The molecule has 1 nitrogen and oxygen atoms in total. The maximum Gasteiger partial charge on any atom is 0.0101 e. The fourth-order valence-electron chi connectivity index (χ4n) is 4.84. The number of hydrogen-bond donors (Lipinski definition) is 1. The number of unbranched alkanes of at least 4 members (excludes halogenated alkanes) is 7. The molecule has 0 aromatic heterocycles. The van der Waals surface area contributed by atoms with E-state index in [9.17, 15) is 0 Å². The highest BCUT2D eigenvalue weighted by molar-refractivity contribution is 5.04. The van der Waals surface area contributed by atoms with Crippen molar-refractivity contribution in [3.63, 3.8) is 0 Å². The van der Waals surface area contributed by atoms with Gasteiger partial charge in [0.1, 0.15) is 0 Å². The van der Waals surface area contributed by atoms with Crippen LogP contribution in [-0.2, 0) is 0 Å². The van der Waals surface area contributed by atoms with Crippen LogP contribution in [0.2, 0.25) is 0 Å². The molecule has 1 N–H and O–H groups in total. The van der Waals surface area contributed by atoms with E-state index in [0.717, 1.165) is 30.3 Å². The van der Waals surface area contributed by atoms with Crippen molar-refractivity contribution in [3.05, 3.63) is 0 Å². The Balaban J connectivity index is 1.54. The van der Waals surface area contributed by atoms with Gasteiger partial charge in [0.25, 0.3) is 0 Å². The van der Waals surface area contributed by atoms with E-state index < -0.39 is 0 Å². The summed E-state index contributed by atoms with van der Waals surface area (Å²) in [5.41, 5.74) is 0. The third-order valence-electron chi connectivity index (χ3n) is 6.02. The molecule has 3 atom stereocenters. The second-order valence-corrected chi connectivity index (χ2v) is 7.62. The van der Waals surface area contributed by atoms with Crippen LogP contribution >= 0.6 is 0 Å². The maximum atomic E-state index is 3.82. The van der Waals surface area contributed by atoms with Crippen LogP contribution in [0, 0.1) is 17.8 Å². The van der Waals surface area contributed by atoms with Gasteiger partial charge in [0.15, 0.2) is 0 Å². The SMILES string of the molecule is CCCCCCCCCCC(NCC)C1C2CCCCC21. The minimum absolute atomic E-state index is 0.850. The highest BCUT2D eigenvalue weighted by Crippen LogP contribution is 2.57. The van der Waals surface area contributed by atoms with E-state index in [4.69, 9.17) is 0 Å². The van der Waals surface area contributed by atoms with Crippen molar-refractivity contribution in [2.24, 2.45) is 17.8 Å². The van der Waals surface area contributed by atoms with Crippen molar-refractivity contribution >= 4 is 0 Å². The lowest BCUT2D eigenvalue weighted by atomic mass is 10.00. The first-order chi connectivity index (χ1) is 10.4. The average molecular weight is 294 g/mol. The first kappa shape index (κ1) is 17.3. The molecular formula is C20H39N. The Hall–Kier alpha value is -0.0400. The van der Waals surface area contributed by atoms with Crippen LogP contribution in [0.4, 0.5) is 0 Å². The van der Waals surface area contributed by atoms with Gasteiger partial charge >= 0.3 is 0 Å². The van der Waals surface area contributed by atoms with Gasteiger partial charge in [-0.15, -0.1) is 0 Å². The van der Waals surface area contributed by atoms with E-state index in [1.807, 2.05) is 0 Å². The lowest BCUT2D eigenvalue weighted by Gasteiger charge is -2.18. The van der Waals surface area contributed by atoms with Crippen molar-refractivity contribution in [2.75, 3.05) is 6.54 Å². The van der Waals surface area contributed by atoms with Crippen molar-refractivity contribution in [2.45, 2.75) is 103 Å². The molecule has 0 radical (unpaired) electrons. The average Bonchev–Trinajstić information content (AvgIpc) is 3.23. The molecule has 1 heteroatoms. The molecule has 2 rings (SSSR count). The topological polar surface area (TPSA) is 12.0 Å². The van der Waals surface area contributed by atoms with Crippen molar-refractivity contribution in [1.29, 1.82) is 0 Å². The summed E-state index contributed by atoms with van der Waals surface area (Å²) in [6.45, 7) is 5.75. The molecule has 2 saturated carbocycles. The van der Waals surface area contributed by atoms with Crippen LogP contribution in [0.5, 0.6) is 0 Å². The second-order valence-electron chi connectivity index (χ2n) is 7.62.